The predicted octanol–water partition coefficient (Wildman–Crippen LogP) is 7.32. The fraction of sp³-hybridized carbons (Fsp3) is 0.556. The van der Waals surface area contributed by atoms with Crippen LogP contribution in [-0.2, 0) is 14.3 Å². The first-order chi connectivity index (χ1) is 15.6. The molecule has 172 valence electrons. The van der Waals surface area contributed by atoms with Crippen molar-refractivity contribution >= 4 is 27.5 Å². The van der Waals surface area contributed by atoms with E-state index < -0.39 is 0 Å². The van der Waals surface area contributed by atoms with Crippen LogP contribution in [0, 0.1) is 0 Å². The largest absolute Gasteiger partial charge is 0.493 e. The standard InChI is InChI=1S/C27H33BrO4/c1-2-3-4-5-6-7-16-31-22-15-14-18(28)17-19(22)25-26-20(29)10-8-12-23(26)32-24-13-9-11-21(30)27(24)25/h14-15,17,25H,2-13,16H2,1H3. The minimum Gasteiger partial charge on any atom is -0.493 e. The summed E-state index contributed by atoms with van der Waals surface area (Å²) in [5.74, 6) is 2.12. The van der Waals surface area contributed by atoms with E-state index in [0.717, 1.165) is 65.8 Å². The van der Waals surface area contributed by atoms with E-state index in [9.17, 15) is 9.59 Å². The normalized spacial score (nSPS) is 19.1. The fourth-order valence-corrected chi connectivity index (χ4v) is 5.45. The summed E-state index contributed by atoms with van der Waals surface area (Å²) in [6.45, 7) is 2.87. The van der Waals surface area contributed by atoms with E-state index in [1.807, 2.05) is 18.2 Å². The molecule has 2 aliphatic carbocycles. The predicted molar refractivity (Wildman–Crippen MR) is 129 cm³/mol. The molecule has 0 fully saturated rings. The first-order valence-electron chi connectivity index (χ1n) is 12.2. The summed E-state index contributed by atoms with van der Waals surface area (Å²) in [4.78, 5) is 26.1. The number of Topliss-reactive ketones (excluding diaryl/α,β-unsaturated/α-hetero) is 2. The molecule has 1 aromatic rings. The lowest BCUT2D eigenvalue weighted by Crippen LogP contribution is -2.30. The summed E-state index contributed by atoms with van der Waals surface area (Å²) in [7, 11) is 0. The Labute approximate surface area is 199 Å². The third-order valence-electron chi connectivity index (χ3n) is 6.68. The van der Waals surface area contributed by atoms with Crippen LogP contribution in [0.25, 0.3) is 0 Å². The molecule has 1 aromatic carbocycles. The van der Waals surface area contributed by atoms with Crippen LogP contribution in [0.2, 0.25) is 0 Å². The maximum atomic E-state index is 13.1. The quantitative estimate of drug-likeness (QED) is 0.333. The van der Waals surface area contributed by atoms with Crippen LogP contribution >= 0.6 is 15.9 Å². The highest BCUT2D eigenvalue weighted by Crippen LogP contribution is 2.50. The van der Waals surface area contributed by atoms with Crippen molar-refractivity contribution in [2.75, 3.05) is 6.61 Å². The monoisotopic (exact) mass is 500 g/mol. The minimum absolute atomic E-state index is 0.100. The number of hydrogen-bond acceptors (Lipinski definition) is 4. The van der Waals surface area contributed by atoms with Crippen molar-refractivity contribution in [2.45, 2.75) is 89.9 Å². The number of allylic oxidation sites excluding steroid dienone is 4. The van der Waals surface area contributed by atoms with Gasteiger partial charge in [0.1, 0.15) is 17.3 Å². The summed E-state index contributed by atoms with van der Waals surface area (Å²) < 4.78 is 13.3. The second-order valence-corrected chi connectivity index (χ2v) is 9.98. The molecule has 0 atom stereocenters. The summed E-state index contributed by atoms with van der Waals surface area (Å²) >= 11 is 3.60. The number of unbranched alkanes of at least 4 members (excludes halogenated alkanes) is 5. The molecule has 0 amide bonds. The second kappa shape index (κ2) is 10.8. The molecular formula is C27H33BrO4. The zero-order valence-electron chi connectivity index (χ0n) is 19.0. The van der Waals surface area contributed by atoms with Crippen molar-refractivity contribution in [2.24, 2.45) is 0 Å². The van der Waals surface area contributed by atoms with E-state index in [1.165, 1.54) is 25.7 Å². The van der Waals surface area contributed by atoms with Gasteiger partial charge in [0.05, 0.1) is 12.5 Å². The number of carbonyl (C=O) groups is 2. The highest BCUT2D eigenvalue weighted by molar-refractivity contribution is 9.10. The van der Waals surface area contributed by atoms with Gasteiger partial charge in [0.25, 0.3) is 0 Å². The molecule has 5 heteroatoms. The Morgan fingerprint density at radius 3 is 2.19 bits per heavy atom. The van der Waals surface area contributed by atoms with Gasteiger partial charge in [-0.15, -0.1) is 0 Å². The highest BCUT2D eigenvalue weighted by Gasteiger charge is 2.42. The lowest BCUT2D eigenvalue weighted by molar-refractivity contribution is -0.117. The van der Waals surface area contributed by atoms with Gasteiger partial charge in [-0.25, -0.2) is 0 Å². The molecule has 0 bridgehead atoms. The van der Waals surface area contributed by atoms with Crippen molar-refractivity contribution in [1.82, 2.24) is 0 Å². The molecule has 0 N–H and O–H groups in total. The van der Waals surface area contributed by atoms with Crippen LogP contribution in [0.5, 0.6) is 5.75 Å². The molecule has 0 saturated heterocycles. The van der Waals surface area contributed by atoms with E-state index in [4.69, 9.17) is 9.47 Å². The van der Waals surface area contributed by atoms with Crippen LogP contribution in [0.4, 0.5) is 0 Å². The first kappa shape index (κ1) is 23.3. The van der Waals surface area contributed by atoms with Gasteiger partial charge >= 0.3 is 0 Å². The Morgan fingerprint density at radius 1 is 0.906 bits per heavy atom. The lowest BCUT2D eigenvalue weighted by atomic mass is 9.73. The van der Waals surface area contributed by atoms with Gasteiger partial charge in [0.2, 0.25) is 0 Å². The average molecular weight is 501 g/mol. The molecule has 1 heterocycles. The van der Waals surface area contributed by atoms with Gasteiger partial charge in [0.15, 0.2) is 11.6 Å². The van der Waals surface area contributed by atoms with Crippen molar-refractivity contribution in [3.05, 3.63) is 50.9 Å². The maximum absolute atomic E-state index is 13.1. The van der Waals surface area contributed by atoms with Crippen LogP contribution < -0.4 is 4.74 Å². The zero-order valence-corrected chi connectivity index (χ0v) is 20.6. The number of hydrogen-bond donors (Lipinski definition) is 0. The molecule has 4 rings (SSSR count). The number of benzene rings is 1. The highest BCUT2D eigenvalue weighted by atomic mass is 79.9. The zero-order chi connectivity index (χ0) is 22.5. The molecule has 0 radical (unpaired) electrons. The second-order valence-electron chi connectivity index (χ2n) is 9.06. The number of ketones is 2. The molecule has 1 aliphatic heterocycles. The van der Waals surface area contributed by atoms with Gasteiger partial charge in [-0.3, -0.25) is 9.59 Å². The van der Waals surface area contributed by atoms with Gasteiger partial charge in [-0.1, -0.05) is 55.0 Å². The summed E-state index contributed by atoms with van der Waals surface area (Å²) in [6, 6.07) is 5.95. The van der Waals surface area contributed by atoms with E-state index in [1.54, 1.807) is 0 Å². The number of carbonyl (C=O) groups excluding carboxylic acids is 2. The van der Waals surface area contributed by atoms with Crippen molar-refractivity contribution < 1.29 is 19.1 Å². The number of ether oxygens (including phenoxy) is 2. The molecule has 3 aliphatic rings. The van der Waals surface area contributed by atoms with E-state index >= 15 is 0 Å². The Bertz CT molecular complexity index is 901. The lowest BCUT2D eigenvalue weighted by Gasteiger charge is -2.36. The van der Waals surface area contributed by atoms with Crippen molar-refractivity contribution in [1.29, 1.82) is 0 Å². The van der Waals surface area contributed by atoms with Crippen molar-refractivity contribution in [3.63, 3.8) is 0 Å². The topological polar surface area (TPSA) is 52.6 Å². The molecule has 32 heavy (non-hydrogen) atoms. The summed E-state index contributed by atoms with van der Waals surface area (Å²) in [5, 5.41) is 0. The average Bonchev–Trinajstić information content (AvgIpc) is 2.78. The number of rotatable bonds is 9. The van der Waals surface area contributed by atoms with Crippen LogP contribution in [-0.4, -0.2) is 18.2 Å². The molecule has 0 spiro atoms. The SMILES string of the molecule is CCCCCCCCOc1ccc(Br)cc1C1C2=C(CCCC2=O)OC2=C1C(=O)CCC2. The van der Waals surface area contributed by atoms with E-state index in [-0.39, 0.29) is 17.5 Å². The van der Waals surface area contributed by atoms with Crippen molar-refractivity contribution in [3.8, 4) is 5.75 Å². The van der Waals surface area contributed by atoms with Gasteiger partial charge in [-0.2, -0.15) is 0 Å². The van der Waals surface area contributed by atoms with E-state index in [2.05, 4.69) is 22.9 Å². The van der Waals surface area contributed by atoms with Gasteiger partial charge in [0, 0.05) is 46.9 Å². The summed E-state index contributed by atoms with van der Waals surface area (Å²) in [5.41, 5.74) is 2.25. The molecular weight excluding hydrogens is 468 g/mol. The Morgan fingerprint density at radius 2 is 1.53 bits per heavy atom. The molecule has 0 aromatic heterocycles. The van der Waals surface area contributed by atoms with Gasteiger partial charge < -0.3 is 9.47 Å². The Balaban J connectivity index is 1.63. The Kier molecular flexibility index (Phi) is 7.88. The Hall–Kier alpha value is -1.88. The van der Waals surface area contributed by atoms with E-state index in [0.29, 0.717) is 30.6 Å². The van der Waals surface area contributed by atoms with Crippen LogP contribution in [0.15, 0.2) is 45.3 Å². The van der Waals surface area contributed by atoms with Crippen LogP contribution in [0.3, 0.4) is 0 Å². The number of halogens is 1. The fourth-order valence-electron chi connectivity index (χ4n) is 5.07. The summed E-state index contributed by atoms with van der Waals surface area (Å²) in [6.07, 6.45) is 11.4. The molecule has 0 saturated carbocycles. The molecule has 4 nitrogen and oxygen atoms in total. The van der Waals surface area contributed by atoms with Crippen LogP contribution in [0.1, 0.15) is 95.5 Å². The third-order valence-corrected chi connectivity index (χ3v) is 7.17. The molecule has 0 unspecified atom stereocenters. The smallest absolute Gasteiger partial charge is 0.163 e. The van der Waals surface area contributed by atoms with Gasteiger partial charge in [-0.05, 0) is 37.5 Å². The maximum Gasteiger partial charge on any atom is 0.163 e. The first-order valence-corrected chi connectivity index (χ1v) is 13.0. The third kappa shape index (κ3) is 5.03. The minimum atomic E-state index is -0.383.